The second-order valence-corrected chi connectivity index (χ2v) is 3.22. The van der Waals surface area contributed by atoms with Crippen molar-refractivity contribution in [1.82, 2.24) is 9.55 Å². The first kappa shape index (κ1) is 9.15. The van der Waals surface area contributed by atoms with Crippen molar-refractivity contribution in [2.24, 2.45) is 7.05 Å². The van der Waals surface area contributed by atoms with E-state index in [2.05, 4.69) is 4.98 Å². The van der Waals surface area contributed by atoms with Crippen LogP contribution in [0.5, 0.6) is 0 Å². The monoisotopic (exact) mass is 212 g/mol. The lowest BCUT2D eigenvalue weighted by molar-refractivity contribution is 0.636. The van der Waals surface area contributed by atoms with E-state index in [-0.39, 0.29) is 16.2 Å². The normalized spacial score (nSPS) is 10.8. The largest absolute Gasteiger partial charge is 0.286 e. The third kappa shape index (κ3) is 1.19. The second-order valence-electron chi connectivity index (χ2n) is 2.88. The fourth-order valence-corrected chi connectivity index (χ4v) is 1.41. The topological polar surface area (TPSA) is 34.9 Å². The van der Waals surface area contributed by atoms with Gasteiger partial charge < -0.3 is 0 Å². The molecule has 0 N–H and O–H groups in total. The summed E-state index contributed by atoms with van der Waals surface area (Å²) in [6.45, 7) is 0. The van der Waals surface area contributed by atoms with Gasteiger partial charge in [-0.15, -0.1) is 0 Å². The van der Waals surface area contributed by atoms with Crippen LogP contribution in [0.2, 0.25) is 5.28 Å². The van der Waals surface area contributed by atoms with Crippen molar-refractivity contribution in [3.05, 3.63) is 39.7 Å². The molecule has 0 amide bonds. The molecule has 0 bridgehead atoms. The lowest BCUT2D eigenvalue weighted by atomic mass is 10.2. The standard InChI is InChI=1S/C9H6ClFN2O/c1-13-8(14)7-5(11)3-2-4-6(7)12-9(13)10/h2-4H,1H3. The molecular weight excluding hydrogens is 207 g/mol. The summed E-state index contributed by atoms with van der Waals surface area (Å²) in [5.74, 6) is -0.577. The van der Waals surface area contributed by atoms with Crippen LogP contribution in [-0.2, 0) is 7.05 Å². The van der Waals surface area contributed by atoms with Gasteiger partial charge in [0.15, 0.2) is 0 Å². The Morgan fingerprint density at radius 1 is 1.50 bits per heavy atom. The third-order valence-corrected chi connectivity index (χ3v) is 2.34. The summed E-state index contributed by atoms with van der Waals surface area (Å²) in [7, 11) is 1.45. The quantitative estimate of drug-likeness (QED) is 0.624. The van der Waals surface area contributed by atoms with E-state index in [1.807, 2.05) is 0 Å². The molecule has 1 heterocycles. The van der Waals surface area contributed by atoms with Crippen molar-refractivity contribution in [3.8, 4) is 0 Å². The van der Waals surface area contributed by atoms with Crippen molar-refractivity contribution in [2.75, 3.05) is 0 Å². The number of halogens is 2. The minimum Gasteiger partial charge on any atom is -0.286 e. The van der Waals surface area contributed by atoms with E-state index in [9.17, 15) is 9.18 Å². The first-order valence-electron chi connectivity index (χ1n) is 3.92. The molecule has 0 fully saturated rings. The number of nitrogens with zero attached hydrogens (tertiary/aromatic N) is 2. The zero-order valence-corrected chi connectivity index (χ0v) is 8.05. The number of rotatable bonds is 0. The summed E-state index contributed by atoms with van der Waals surface area (Å²) in [5.41, 5.74) is -0.198. The summed E-state index contributed by atoms with van der Waals surface area (Å²) in [5, 5.41) is 0.0208. The van der Waals surface area contributed by atoms with Crippen molar-refractivity contribution in [2.45, 2.75) is 0 Å². The smallest absolute Gasteiger partial charge is 0.265 e. The molecule has 5 heteroatoms. The average Bonchev–Trinajstić information content (AvgIpc) is 2.14. The van der Waals surface area contributed by atoms with E-state index < -0.39 is 11.4 Å². The minimum absolute atomic E-state index is 0.0283. The molecule has 0 aliphatic rings. The van der Waals surface area contributed by atoms with Crippen LogP contribution in [0.1, 0.15) is 0 Å². The first-order valence-corrected chi connectivity index (χ1v) is 4.30. The van der Waals surface area contributed by atoms with Gasteiger partial charge in [0.25, 0.3) is 5.56 Å². The van der Waals surface area contributed by atoms with E-state index in [1.54, 1.807) is 6.07 Å². The Bertz CT molecular complexity index is 564. The predicted octanol–water partition coefficient (Wildman–Crippen LogP) is 1.73. The van der Waals surface area contributed by atoms with Gasteiger partial charge in [0.1, 0.15) is 11.2 Å². The third-order valence-electron chi connectivity index (χ3n) is 2.00. The molecule has 0 atom stereocenters. The molecule has 0 radical (unpaired) electrons. The molecule has 1 aromatic heterocycles. The molecule has 3 nitrogen and oxygen atoms in total. The molecule has 2 aromatic rings. The molecule has 0 saturated carbocycles. The molecule has 0 unspecified atom stereocenters. The van der Waals surface area contributed by atoms with Crippen LogP contribution in [0.15, 0.2) is 23.0 Å². The highest BCUT2D eigenvalue weighted by molar-refractivity contribution is 6.28. The maximum Gasteiger partial charge on any atom is 0.265 e. The molecule has 0 spiro atoms. The van der Waals surface area contributed by atoms with Crippen molar-refractivity contribution < 1.29 is 4.39 Å². The fraction of sp³-hybridized carbons (Fsp3) is 0.111. The van der Waals surface area contributed by atoms with E-state index >= 15 is 0 Å². The van der Waals surface area contributed by atoms with Gasteiger partial charge in [0.2, 0.25) is 5.28 Å². The second kappa shape index (κ2) is 3.06. The Morgan fingerprint density at radius 2 is 2.21 bits per heavy atom. The van der Waals surface area contributed by atoms with Gasteiger partial charge in [-0.1, -0.05) is 6.07 Å². The number of benzene rings is 1. The average molecular weight is 213 g/mol. The number of hydrogen-bond acceptors (Lipinski definition) is 2. The lowest BCUT2D eigenvalue weighted by Crippen LogP contribution is -2.19. The highest BCUT2D eigenvalue weighted by Crippen LogP contribution is 2.13. The summed E-state index contributed by atoms with van der Waals surface area (Å²) in [6, 6.07) is 4.26. The lowest BCUT2D eigenvalue weighted by Gasteiger charge is -2.03. The first-order chi connectivity index (χ1) is 6.61. The Balaban J connectivity index is 3.07. The van der Waals surface area contributed by atoms with Crippen LogP contribution in [0.3, 0.4) is 0 Å². The van der Waals surface area contributed by atoms with Crippen molar-refractivity contribution >= 4 is 22.5 Å². The summed E-state index contributed by atoms with van der Waals surface area (Å²) in [6.07, 6.45) is 0. The SMILES string of the molecule is Cn1c(Cl)nc2cccc(F)c2c1=O. The molecule has 0 aliphatic heterocycles. The molecular formula is C9H6ClFN2O. The summed E-state index contributed by atoms with van der Waals surface area (Å²) < 4.78 is 14.4. The Kier molecular flexibility index (Phi) is 2.00. The van der Waals surface area contributed by atoms with Crippen LogP contribution < -0.4 is 5.56 Å². The maximum absolute atomic E-state index is 13.3. The van der Waals surface area contributed by atoms with Crippen LogP contribution in [0.25, 0.3) is 10.9 Å². The highest BCUT2D eigenvalue weighted by Gasteiger charge is 2.09. The molecule has 2 rings (SSSR count). The van der Waals surface area contributed by atoms with E-state index in [0.29, 0.717) is 0 Å². The maximum atomic E-state index is 13.3. The van der Waals surface area contributed by atoms with Crippen LogP contribution in [0, 0.1) is 5.82 Å². The van der Waals surface area contributed by atoms with Crippen LogP contribution in [-0.4, -0.2) is 9.55 Å². The van der Waals surface area contributed by atoms with E-state index in [4.69, 9.17) is 11.6 Å². The summed E-state index contributed by atoms with van der Waals surface area (Å²) >= 11 is 5.67. The Labute approximate surface area is 83.8 Å². The molecule has 0 aliphatic carbocycles. The van der Waals surface area contributed by atoms with Gasteiger partial charge >= 0.3 is 0 Å². The molecule has 14 heavy (non-hydrogen) atoms. The highest BCUT2D eigenvalue weighted by atomic mass is 35.5. The molecule has 72 valence electrons. The minimum atomic E-state index is -0.577. The Morgan fingerprint density at radius 3 is 2.93 bits per heavy atom. The number of aromatic nitrogens is 2. The zero-order chi connectivity index (χ0) is 10.3. The van der Waals surface area contributed by atoms with Crippen LogP contribution >= 0.6 is 11.6 Å². The number of fused-ring (bicyclic) bond motifs is 1. The Hall–Kier alpha value is -1.42. The fourth-order valence-electron chi connectivity index (χ4n) is 1.24. The predicted molar refractivity (Wildman–Crippen MR) is 52.0 cm³/mol. The molecule has 0 saturated heterocycles. The van der Waals surface area contributed by atoms with Gasteiger partial charge in [-0.2, -0.15) is 0 Å². The van der Waals surface area contributed by atoms with Gasteiger partial charge in [0.05, 0.1) is 5.52 Å². The number of hydrogen-bond donors (Lipinski definition) is 0. The zero-order valence-electron chi connectivity index (χ0n) is 7.29. The van der Waals surface area contributed by atoms with Gasteiger partial charge in [-0.3, -0.25) is 9.36 Å². The van der Waals surface area contributed by atoms with E-state index in [1.165, 1.54) is 19.2 Å². The van der Waals surface area contributed by atoms with Gasteiger partial charge in [-0.05, 0) is 23.7 Å². The molecule has 1 aromatic carbocycles. The van der Waals surface area contributed by atoms with Crippen molar-refractivity contribution in [1.29, 1.82) is 0 Å². The van der Waals surface area contributed by atoms with Gasteiger partial charge in [0, 0.05) is 7.05 Å². The van der Waals surface area contributed by atoms with Crippen molar-refractivity contribution in [3.63, 3.8) is 0 Å². The van der Waals surface area contributed by atoms with Gasteiger partial charge in [-0.25, -0.2) is 9.37 Å². The van der Waals surface area contributed by atoms with E-state index in [0.717, 1.165) is 4.57 Å². The van der Waals surface area contributed by atoms with Crippen LogP contribution in [0.4, 0.5) is 4.39 Å². The summed E-state index contributed by atoms with van der Waals surface area (Å²) in [4.78, 5) is 15.5.